The van der Waals surface area contributed by atoms with Crippen molar-refractivity contribution in [3.63, 3.8) is 0 Å². The molecule has 2 nitrogen and oxygen atoms in total. The van der Waals surface area contributed by atoms with E-state index in [1.807, 2.05) is 11.3 Å². The fourth-order valence-electron chi connectivity index (χ4n) is 1.34. The van der Waals surface area contributed by atoms with Gasteiger partial charge in [-0.3, -0.25) is 0 Å². The molecule has 1 rings (SSSR count). The Balaban J connectivity index is 2.36. The van der Waals surface area contributed by atoms with Crippen LogP contribution in [0.1, 0.15) is 30.5 Å². The van der Waals surface area contributed by atoms with E-state index >= 15 is 0 Å². The monoisotopic (exact) mass is 227 g/mol. The lowest BCUT2D eigenvalue weighted by molar-refractivity contribution is 0.0883. The van der Waals surface area contributed by atoms with Crippen molar-refractivity contribution in [3.8, 4) is 0 Å². The number of rotatable bonds is 6. The number of hydrogen-bond donors (Lipinski definition) is 1. The van der Waals surface area contributed by atoms with E-state index in [9.17, 15) is 0 Å². The molecule has 0 aromatic carbocycles. The van der Waals surface area contributed by atoms with Crippen LogP contribution in [0.4, 0.5) is 0 Å². The molecule has 0 fully saturated rings. The Morgan fingerprint density at radius 1 is 1.33 bits per heavy atom. The van der Waals surface area contributed by atoms with Crippen molar-refractivity contribution < 1.29 is 4.74 Å². The van der Waals surface area contributed by atoms with E-state index in [-0.39, 0.29) is 6.10 Å². The number of ether oxygens (including phenoxy) is 1. The Kier molecular flexibility index (Phi) is 5.29. The lowest BCUT2D eigenvalue weighted by Gasteiger charge is -2.19. The van der Waals surface area contributed by atoms with Gasteiger partial charge in [0.05, 0.1) is 6.10 Å². The molecule has 0 saturated carbocycles. The van der Waals surface area contributed by atoms with Gasteiger partial charge in [-0.2, -0.15) is 0 Å². The van der Waals surface area contributed by atoms with Crippen LogP contribution in [0, 0.1) is 0 Å². The van der Waals surface area contributed by atoms with Gasteiger partial charge in [-0.05, 0) is 32.4 Å². The third-order valence-electron chi connectivity index (χ3n) is 2.74. The molecule has 0 amide bonds. The van der Waals surface area contributed by atoms with Gasteiger partial charge in [0, 0.05) is 29.5 Å². The van der Waals surface area contributed by atoms with E-state index in [0.717, 1.165) is 13.0 Å². The van der Waals surface area contributed by atoms with E-state index in [4.69, 9.17) is 4.74 Å². The van der Waals surface area contributed by atoms with Crippen molar-refractivity contribution >= 4 is 11.3 Å². The number of methoxy groups -OCH3 is 1. The van der Waals surface area contributed by atoms with Crippen LogP contribution in [0.3, 0.4) is 0 Å². The van der Waals surface area contributed by atoms with E-state index in [2.05, 4.69) is 38.2 Å². The minimum atomic E-state index is 0.260. The van der Waals surface area contributed by atoms with Crippen LogP contribution in [0.5, 0.6) is 0 Å². The van der Waals surface area contributed by atoms with Gasteiger partial charge in [-0.15, -0.1) is 11.3 Å². The summed E-state index contributed by atoms with van der Waals surface area (Å²) in [6, 6.07) is 4.81. The fourth-order valence-corrected chi connectivity index (χ4v) is 2.25. The second kappa shape index (κ2) is 6.26. The van der Waals surface area contributed by atoms with E-state index in [0.29, 0.717) is 6.04 Å². The highest BCUT2D eigenvalue weighted by molar-refractivity contribution is 7.11. The number of hydrogen-bond acceptors (Lipinski definition) is 3. The van der Waals surface area contributed by atoms with Crippen LogP contribution in [0.25, 0.3) is 0 Å². The zero-order valence-corrected chi connectivity index (χ0v) is 10.9. The molecule has 2 atom stereocenters. The van der Waals surface area contributed by atoms with Crippen molar-refractivity contribution in [1.29, 1.82) is 0 Å². The predicted octanol–water partition coefficient (Wildman–Crippen LogP) is 2.82. The largest absolute Gasteiger partial charge is 0.380 e. The van der Waals surface area contributed by atoms with Crippen molar-refractivity contribution in [3.05, 3.63) is 21.9 Å². The summed E-state index contributed by atoms with van der Waals surface area (Å²) in [6.45, 7) is 7.38. The van der Waals surface area contributed by atoms with Crippen molar-refractivity contribution in [1.82, 2.24) is 5.32 Å². The summed E-state index contributed by atoms with van der Waals surface area (Å²) >= 11 is 1.89. The molecule has 0 saturated heterocycles. The zero-order valence-electron chi connectivity index (χ0n) is 10.0. The Morgan fingerprint density at radius 2 is 2.00 bits per heavy atom. The average Bonchev–Trinajstić information content (AvgIpc) is 2.72. The smallest absolute Gasteiger partial charge is 0.0693 e. The van der Waals surface area contributed by atoms with Gasteiger partial charge in [-0.25, -0.2) is 0 Å². The number of thiophene rings is 1. The summed E-state index contributed by atoms with van der Waals surface area (Å²) in [5.41, 5.74) is 0. The maximum atomic E-state index is 5.27. The molecule has 3 heteroatoms. The molecule has 15 heavy (non-hydrogen) atoms. The van der Waals surface area contributed by atoms with Gasteiger partial charge >= 0.3 is 0 Å². The Labute approximate surface area is 96.7 Å². The van der Waals surface area contributed by atoms with Crippen LogP contribution in [0.2, 0.25) is 0 Å². The van der Waals surface area contributed by atoms with Crippen LogP contribution >= 0.6 is 11.3 Å². The van der Waals surface area contributed by atoms with E-state index in [1.165, 1.54) is 9.75 Å². The van der Waals surface area contributed by atoms with Gasteiger partial charge in [-0.1, -0.05) is 6.92 Å². The third kappa shape index (κ3) is 3.93. The molecule has 0 spiro atoms. The highest BCUT2D eigenvalue weighted by atomic mass is 32.1. The van der Waals surface area contributed by atoms with E-state index < -0.39 is 0 Å². The second-order valence-corrected chi connectivity index (χ2v) is 5.08. The van der Waals surface area contributed by atoms with Crippen LogP contribution in [-0.2, 0) is 17.7 Å². The lowest BCUT2D eigenvalue weighted by Crippen LogP contribution is -2.35. The van der Waals surface area contributed by atoms with Crippen molar-refractivity contribution in [2.24, 2.45) is 0 Å². The van der Waals surface area contributed by atoms with Crippen molar-refractivity contribution in [2.45, 2.75) is 45.9 Å². The first-order valence-corrected chi connectivity index (χ1v) is 6.32. The zero-order chi connectivity index (χ0) is 11.3. The predicted molar refractivity (Wildman–Crippen MR) is 66.5 cm³/mol. The minimum absolute atomic E-state index is 0.260. The van der Waals surface area contributed by atoms with Gasteiger partial charge < -0.3 is 10.1 Å². The highest BCUT2D eigenvalue weighted by Gasteiger charge is 2.10. The van der Waals surface area contributed by atoms with Gasteiger partial charge in [0.2, 0.25) is 0 Å². The first kappa shape index (κ1) is 12.7. The van der Waals surface area contributed by atoms with Gasteiger partial charge in [0.25, 0.3) is 0 Å². The average molecular weight is 227 g/mol. The first-order valence-electron chi connectivity index (χ1n) is 5.51. The standard InChI is InChI=1S/C12H21NOS/c1-5-11-6-7-12(15-11)8-13-9(2)10(3)14-4/h6-7,9-10,13H,5,8H2,1-4H3. The SMILES string of the molecule is CCc1ccc(CNC(C)C(C)OC)s1. The summed E-state index contributed by atoms with van der Waals surface area (Å²) in [5.74, 6) is 0. The Hall–Kier alpha value is -0.380. The molecule has 0 aliphatic carbocycles. The van der Waals surface area contributed by atoms with Crippen LogP contribution in [0.15, 0.2) is 12.1 Å². The maximum Gasteiger partial charge on any atom is 0.0693 e. The van der Waals surface area contributed by atoms with Gasteiger partial charge in [0.1, 0.15) is 0 Å². The van der Waals surface area contributed by atoms with E-state index in [1.54, 1.807) is 7.11 Å². The molecular formula is C12H21NOS. The summed E-state index contributed by atoms with van der Waals surface area (Å²) in [5, 5.41) is 3.47. The molecule has 0 aliphatic rings. The topological polar surface area (TPSA) is 21.3 Å². The number of aryl methyl sites for hydroxylation is 1. The Bertz CT molecular complexity index is 285. The molecule has 0 bridgehead atoms. The summed E-state index contributed by atoms with van der Waals surface area (Å²) in [6.07, 6.45) is 1.39. The molecule has 86 valence electrons. The molecule has 1 heterocycles. The van der Waals surface area contributed by atoms with Gasteiger partial charge in [0.15, 0.2) is 0 Å². The van der Waals surface area contributed by atoms with Crippen LogP contribution in [-0.4, -0.2) is 19.3 Å². The summed E-state index contributed by atoms with van der Waals surface area (Å²) in [7, 11) is 1.75. The molecule has 0 aliphatic heterocycles. The molecular weight excluding hydrogens is 206 g/mol. The molecule has 1 aromatic rings. The minimum Gasteiger partial charge on any atom is -0.380 e. The van der Waals surface area contributed by atoms with Crippen LogP contribution < -0.4 is 5.32 Å². The summed E-state index contributed by atoms with van der Waals surface area (Å²) in [4.78, 5) is 2.86. The molecule has 1 aromatic heterocycles. The quantitative estimate of drug-likeness (QED) is 0.807. The normalized spacial score (nSPS) is 15.2. The Morgan fingerprint density at radius 3 is 2.53 bits per heavy atom. The summed E-state index contributed by atoms with van der Waals surface area (Å²) < 4.78 is 5.27. The molecule has 1 N–H and O–H groups in total. The molecule has 2 unspecified atom stereocenters. The highest BCUT2D eigenvalue weighted by Crippen LogP contribution is 2.16. The number of nitrogens with one attached hydrogen (secondary N) is 1. The first-order chi connectivity index (χ1) is 7.17. The third-order valence-corrected chi connectivity index (χ3v) is 3.97. The molecule has 0 radical (unpaired) electrons. The van der Waals surface area contributed by atoms with Crippen molar-refractivity contribution in [2.75, 3.05) is 7.11 Å². The second-order valence-electron chi connectivity index (χ2n) is 3.83. The maximum absolute atomic E-state index is 5.27. The fraction of sp³-hybridized carbons (Fsp3) is 0.667. The lowest BCUT2D eigenvalue weighted by atomic mass is 10.2.